The Morgan fingerprint density at radius 3 is 2.27 bits per heavy atom. The summed E-state index contributed by atoms with van der Waals surface area (Å²) in [6.45, 7) is 14.2. The van der Waals surface area contributed by atoms with Crippen molar-refractivity contribution in [1.29, 1.82) is 0 Å². The zero-order chi connectivity index (χ0) is 11.7. The van der Waals surface area contributed by atoms with E-state index < -0.39 is 0 Å². The highest BCUT2D eigenvalue weighted by Crippen LogP contribution is 2.01. The van der Waals surface area contributed by atoms with E-state index in [4.69, 9.17) is 0 Å². The highest BCUT2D eigenvalue weighted by atomic mass is 16.2. The maximum Gasteiger partial charge on any atom is 0.260 e. The first kappa shape index (κ1) is 13.7. The molecule has 0 heterocycles. The van der Waals surface area contributed by atoms with Crippen LogP contribution >= 0.6 is 0 Å². The van der Waals surface area contributed by atoms with Crippen molar-refractivity contribution >= 4 is 5.91 Å². The highest BCUT2D eigenvalue weighted by Gasteiger charge is 2.08. The fraction of sp³-hybridized carbons (Fsp3) is 0.417. The van der Waals surface area contributed by atoms with Gasteiger partial charge in [-0.3, -0.25) is 10.2 Å². The molecule has 0 saturated heterocycles. The van der Waals surface area contributed by atoms with E-state index in [2.05, 4.69) is 25.2 Å². The molecule has 0 aromatic rings. The summed E-state index contributed by atoms with van der Waals surface area (Å²) in [6.07, 6.45) is 5.11. The molecule has 0 unspecified atom stereocenters. The summed E-state index contributed by atoms with van der Waals surface area (Å²) in [5.74, 6) is -0.124. The first-order valence-corrected chi connectivity index (χ1v) is 5.11. The van der Waals surface area contributed by atoms with Gasteiger partial charge in [0.25, 0.3) is 5.91 Å². The van der Waals surface area contributed by atoms with Crippen molar-refractivity contribution in [2.75, 3.05) is 13.1 Å². The molecule has 0 aliphatic carbocycles. The van der Waals surface area contributed by atoms with Crippen LogP contribution in [-0.4, -0.2) is 24.0 Å². The molecule has 0 atom stereocenters. The molecule has 0 aliphatic rings. The minimum atomic E-state index is -0.124. The van der Waals surface area contributed by atoms with Gasteiger partial charge in [-0.05, 0) is 6.42 Å². The Labute approximate surface area is 92.1 Å². The first-order valence-electron chi connectivity index (χ1n) is 5.11. The van der Waals surface area contributed by atoms with Gasteiger partial charge in [0.1, 0.15) is 0 Å². The van der Waals surface area contributed by atoms with Crippen LogP contribution in [0.4, 0.5) is 0 Å². The SMILES string of the molecule is C=CCN(CC=C)NC(=O)C(=C)CCC. The van der Waals surface area contributed by atoms with Crippen molar-refractivity contribution in [3.05, 3.63) is 37.5 Å². The Balaban J connectivity index is 4.14. The lowest BCUT2D eigenvalue weighted by molar-refractivity contribution is -0.121. The maximum absolute atomic E-state index is 11.6. The Morgan fingerprint density at radius 2 is 1.87 bits per heavy atom. The third kappa shape index (κ3) is 5.86. The number of rotatable bonds is 8. The lowest BCUT2D eigenvalue weighted by Crippen LogP contribution is -2.42. The van der Waals surface area contributed by atoms with E-state index in [1.54, 1.807) is 17.2 Å². The minimum absolute atomic E-state index is 0.124. The predicted octanol–water partition coefficient (Wildman–Crippen LogP) is 2.05. The summed E-state index contributed by atoms with van der Waals surface area (Å²) < 4.78 is 0. The number of nitrogens with one attached hydrogen (secondary N) is 1. The van der Waals surface area contributed by atoms with Gasteiger partial charge in [0.15, 0.2) is 0 Å². The molecule has 0 spiro atoms. The number of hydrogen-bond donors (Lipinski definition) is 1. The van der Waals surface area contributed by atoms with Crippen LogP contribution < -0.4 is 5.43 Å². The van der Waals surface area contributed by atoms with Gasteiger partial charge in [0.2, 0.25) is 0 Å². The van der Waals surface area contributed by atoms with Crippen LogP contribution in [-0.2, 0) is 4.79 Å². The lowest BCUT2D eigenvalue weighted by Gasteiger charge is -2.20. The largest absolute Gasteiger partial charge is 0.284 e. The third-order valence-corrected chi connectivity index (χ3v) is 1.83. The number of carbonyl (C=O) groups excluding carboxylic acids is 1. The van der Waals surface area contributed by atoms with Gasteiger partial charge in [-0.25, -0.2) is 5.01 Å². The topological polar surface area (TPSA) is 32.3 Å². The summed E-state index contributed by atoms with van der Waals surface area (Å²) >= 11 is 0. The van der Waals surface area contributed by atoms with Crippen LogP contribution in [0.2, 0.25) is 0 Å². The van der Waals surface area contributed by atoms with Gasteiger partial charge in [0.05, 0.1) is 0 Å². The van der Waals surface area contributed by atoms with Crippen molar-refractivity contribution < 1.29 is 4.79 Å². The molecule has 0 aromatic carbocycles. The normalized spacial score (nSPS) is 9.73. The summed E-state index contributed by atoms with van der Waals surface area (Å²) in [4.78, 5) is 11.6. The second-order valence-corrected chi connectivity index (χ2v) is 3.28. The molecule has 15 heavy (non-hydrogen) atoms. The average Bonchev–Trinajstić information content (AvgIpc) is 2.18. The van der Waals surface area contributed by atoms with Crippen LogP contribution in [0.1, 0.15) is 19.8 Å². The fourth-order valence-corrected chi connectivity index (χ4v) is 1.12. The predicted molar refractivity (Wildman–Crippen MR) is 64.2 cm³/mol. The second-order valence-electron chi connectivity index (χ2n) is 3.28. The van der Waals surface area contributed by atoms with Crippen LogP contribution in [0.15, 0.2) is 37.5 Å². The van der Waals surface area contributed by atoms with Crippen LogP contribution in [0.25, 0.3) is 0 Å². The minimum Gasteiger partial charge on any atom is -0.284 e. The monoisotopic (exact) mass is 208 g/mol. The van der Waals surface area contributed by atoms with Crippen LogP contribution in [0, 0.1) is 0 Å². The van der Waals surface area contributed by atoms with E-state index in [-0.39, 0.29) is 5.91 Å². The van der Waals surface area contributed by atoms with Crippen molar-refractivity contribution in [2.45, 2.75) is 19.8 Å². The molecular formula is C12H20N2O. The molecule has 3 heteroatoms. The lowest BCUT2D eigenvalue weighted by atomic mass is 10.2. The first-order chi connectivity index (χ1) is 7.15. The Bertz CT molecular complexity index is 236. The van der Waals surface area contributed by atoms with Gasteiger partial charge < -0.3 is 0 Å². The molecule has 0 radical (unpaired) electrons. The summed E-state index contributed by atoms with van der Waals surface area (Å²) in [5, 5.41) is 1.74. The molecule has 0 aromatic heterocycles. The quantitative estimate of drug-likeness (QED) is 0.376. The molecule has 0 rings (SSSR count). The Morgan fingerprint density at radius 1 is 1.33 bits per heavy atom. The zero-order valence-corrected chi connectivity index (χ0v) is 9.46. The number of carbonyl (C=O) groups is 1. The van der Waals surface area contributed by atoms with E-state index >= 15 is 0 Å². The Hall–Kier alpha value is -1.35. The third-order valence-electron chi connectivity index (χ3n) is 1.83. The van der Waals surface area contributed by atoms with Gasteiger partial charge in [-0.15, -0.1) is 13.2 Å². The van der Waals surface area contributed by atoms with Crippen molar-refractivity contribution in [2.24, 2.45) is 0 Å². The van der Waals surface area contributed by atoms with E-state index in [0.717, 1.165) is 12.8 Å². The van der Waals surface area contributed by atoms with Gasteiger partial charge in [-0.2, -0.15) is 0 Å². The van der Waals surface area contributed by atoms with E-state index in [1.165, 1.54) is 0 Å². The molecule has 0 aliphatic heterocycles. The summed E-state index contributed by atoms with van der Waals surface area (Å²) in [6, 6.07) is 0. The van der Waals surface area contributed by atoms with Gasteiger partial charge in [-0.1, -0.05) is 32.1 Å². The molecular weight excluding hydrogens is 188 g/mol. The number of hydrogen-bond acceptors (Lipinski definition) is 2. The van der Waals surface area contributed by atoms with Gasteiger partial charge >= 0.3 is 0 Å². The second kappa shape index (κ2) is 8.00. The van der Waals surface area contributed by atoms with Crippen molar-refractivity contribution in [3.63, 3.8) is 0 Å². The summed E-state index contributed by atoms with van der Waals surface area (Å²) in [5.41, 5.74) is 3.36. The number of nitrogens with zero attached hydrogens (tertiary/aromatic N) is 1. The number of hydrazine groups is 1. The van der Waals surface area contributed by atoms with E-state index in [1.807, 2.05) is 6.92 Å². The smallest absolute Gasteiger partial charge is 0.260 e. The van der Waals surface area contributed by atoms with E-state index in [9.17, 15) is 4.79 Å². The molecule has 0 fully saturated rings. The van der Waals surface area contributed by atoms with E-state index in [0.29, 0.717) is 18.7 Å². The van der Waals surface area contributed by atoms with Gasteiger partial charge in [0, 0.05) is 18.7 Å². The molecule has 0 bridgehead atoms. The molecule has 0 saturated carbocycles. The molecule has 3 nitrogen and oxygen atoms in total. The molecule has 1 amide bonds. The Kier molecular flexibility index (Phi) is 7.28. The highest BCUT2D eigenvalue weighted by molar-refractivity contribution is 5.92. The average molecular weight is 208 g/mol. The zero-order valence-electron chi connectivity index (χ0n) is 9.46. The summed E-state index contributed by atoms with van der Waals surface area (Å²) in [7, 11) is 0. The molecule has 84 valence electrons. The molecule has 1 N–H and O–H groups in total. The van der Waals surface area contributed by atoms with Crippen LogP contribution in [0.5, 0.6) is 0 Å². The maximum atomic E-state index is 11.6. The van der Waals surface area contributed by atoms with Crippen molar-refractivity contribution in [3.8, 4) is 0 Å². The fourth-order valence-electron chi connectivity index (χ4n) is 1.12. The standard InChI is InChI=1S/C12H20N2O/c1-5-8-11(4)12(15)13-14(9-6-2)10-7-3/h6-7H,2-5,8-10H2,1H3,(H,13,15). The number of amides is 1. The van der Waals surface area contributed by atoms with Crippen molar-refractivity contribution in [1.82, 2.24) is 10.4 Å². The van der Waals surface area contributed by atoms with Crippen LogP contribution in [0.3, 0.4) is 0 Å².